The Hall–Kier alpha value is -3.23. The molecule has 33 heavy (non-hydrogen) atoms. The van der Waals surface area contributed by atoms with Crippen LogP contribution in [0.15, 0.2) is 42.5 Å². The van der Waals surface area contributed by atoms with Crippen LogP contribution < -0.4 is 10.1 Å². The third-order valence-corrected chi connectivity index (χ3v) is 5.57. The molecule has 3 heterocycles. The predicted octanol–water partition coefficient (Wildman–Crippen LogP) is 1.86. The SMILES string of the molecule is [2H]C1([2H])c2c(OCc3ccc(CN4CCOCC4)cc3)cccc2C(=O)N1C1([2H])C(=O)NC(=O)C([2H])([2H])C1([2H])[2H]. The van der Waals surface area contributed by atoms with Gasteiger partial charge in [0, 0.05) is 42.6 Å². The summed E-state index contributed by atoms with van der Waals surface area (Å²) in [7, 11) is 0. The Kier molecular flexibility index (Phi) is 4.19. The average Bonchev–Trinajstić information content (AvgIpc) is 3.12. The van der Waals surface area contributed by atoms with Crippen LogP contribution in [0.2, 0.25) is 0 Å². The number of morpholine rings is 1. The van der Waals surface area contributed by atoms with Crippen LogP contribution in [0.25, 0.3) is 0 Å². The van der Waals surface area contributed by atoms with Crippen LogP contribution in [0.1, 0.15) is 49.4 Å². The van der Waals surface area contributed by atoms with Crippen molar-refractivity contribution in [2.24, 2.45) is 0 Å². The molecule has 8 nitrogen and oxygen atoms in total. The maximum Gasteiger partial charge on any atom is 0.255 e. The van der Waals surface area contributed by atoms with Crippen LogP contribution in [0.4, 0.5) is 0 Å². The molecular weight excluding hydrogens is 422 g/mol. The normalized spacial score (nSPS) is 31.1. The highest BCUT2D eigenvalue weighted by molar-refractivity contribution is 6.05. The van der Waals surface area contributed by atoms with Gasteiger partial charge in [-0.1, -0.05) is 30.3 Å². The minimum absolute atomic E-state index is 0.00292. The molecule has 0 radical (unpaired) electrons. The van der Waals surface area contributed by atoms with E-state index >= 15 is 0 Å². The second kappa shape index (κ2) is 9.33. The third-order valence-electron chi connectivity index (χ3n) is 5.57. The summed E-state index contributed by atoms with van der Waals surface area (Å²) >= 11 is 0. The van der Waals surface area contributed by atoms with Crippen LogP contribution in [-0.2, 0) is 34.0 Å². The quantitative estimate of drug-likeness (QED) is 0.668. The molecule has 0 spiro atoms. The monoisotopic (exact) mass is 456 g/mol. The van der Waals surface area contributed by atoms with Crippen molar-refractivity contribution in [3.63, 3.8) is 0 Å². The van der Waals surface area contributed by atoms with Crippen LogP contribution in [0, 0.1) is 0 Å². The Morgan fingerprint density at radius 3 is 2.64 bits per heavy atom. The lowest BCUT2D eigenvalue weighted by Crippen LogP contribution is -2.52. The molecule has 3 aliphatic heterocycles. The summed E-state index contributed by atoms with van der Waals surface area (Å²) in [6, 6.07) is 8.27. The third kappa shape index (κ3) is 4.62. The van der Waals surface area contributed by atoms with Gasteiger partial charge in [0.15, 0.2) is 0 Å². The second-order valence-corrected chi connectivity index (χ2v) is 7.81. The number of fused-ring (bicyclic) bond motifs is 1. The summed E-state index contributed by atoms with van der Waals surface area (Å²) in [6.45, 7) is 0.910. The molecule has 1 N–H and O–H groups in total. The summed E-state index contributed by atoms with van der Waals surface area (Å²) in [5.41, 5.74) is 1.27. The van der Waals surface area contributed by atoms with Gasteiger partial charge < -0.3 is 14.4 Å². The fourth-order valence-corrected chi connectivity index (χ4v) is 3.83. The van der Waals surface area contributed by atoms with Crippen LogP contribution in [0.3, 0.4) is 0 Å². The summed E-state index contributed by atoms with van der Waals surface area (Å²) in [6.07, 6.45) is -7.02. The zero-order chi connectivity index (χ0) is 29.1. The summed E-state index contributed by atoms with van der Waals surface area (Å²) < 4.78 is 69.7. The topological polar surface area (TPSA) is 88.2 Å². The molecule has 2 fully saturated rings. The highest BCUT2D eigenvalue weighted by Gasteiger charge is 2.40. The van der Waals surface area contributed by atoms with Crippen molar-refractivity contribution in [3.8, 4) is 5.75 Å². The maximum atomic E-state index is 13.4. The molecule has 5 rings (SSSR count). The van der Waals surface area contributed by atoms with Crippen molar-refractivity contribution in [2.45, 2.75) is 38.4 Å². The summed E-state index contributed by atoms with van der Waals surface area (Å²) in [4.78, 5) is 40.6. The van der Waals surface area contributed by atoms with E-state index in [1.807, 2.05) is 24.3 Å². The molecule has 1 atom stereocenters. The van der Waals surface area contributed by atoms with Gasteiger partial charge in [-0.15, -0.1) is 0 Å². The standard InChI is InChI=1S/C25H27N3O5/c29-23-9-8-21(24(30)26-23)28-15-20-19(25(28)31)2-1-3-22(20)33-16-18-6-4-17(5-7-18)14-27-10-12-32-13-11-27/h1-7,21H,8-16H2,(H,26,29,30)/i8D2,9D2,15D2,21D. The number of carbonyl (C=O) groups excluding carboxylic acids is 3. The van der Waals surface area contributed by atoms with Crippen molar-refractivity contribution in [2.75, 3.05) is 26.3 Å². The van der Waals surface area contributed by atoms with E-state index in [4.69, 9.17) is 19.1 Å². The molecule has 3 amide bonds. The molecule has 0 aliphatic carbocycles. The first-order valence-electron chi connectivity index (χ1n) is 14.1. The van der Waals surface area contributed by atoms with E-state index in [0.717, 1.165) is 30.8 Å². The fraction of sp³-hybridized carbons (Fsp3) is 0.400. The molecule has 2 aromatic rings. The summed E-state index contributed by atoms with van der Waals surface area (Å²) in [5, 5.41) is 1.59. The highest BCUT2D eigenvalue weighted by Crippen LogP contribution is 2.34. The van der Waals surface area contributed by atoms with Gasteiger partial charge in [0.1, 0.15) is 18.4 Å². The largest absolute Gasteiger partial charge is 0.489 e. The number of nitrogens with zero attached hydrogens (tertiary/aromatic N) is 2. The number of rotatable bonds is 6. The molecule has 172 valence electrons. The minimum Gasteiger partial charge on any atom is -0.489 e. The van der Waals surface area contributed by atoms with E-state index in [1.165, 1.54) is 18.2 Å². The van der Waals surface area contributed by atoms with Gasteiger partial charge >= 0.3 is 0 Å². The lowest BCUT2D eigenvalue weighted by molar-refractivity contribution is -0.136. The Labute approximate surface area is 202 Å². The number of hydrogen-bond donors (Lipinski definition) is 1. The fourth-order valence-electron chi connectivity index (χ4n) is 3.83. The van der Waals surface area contributed by atoms with Crippen molar-refractivity contribution < 1.29 is 33.5 Å². The molecule has 0 aromatic heterocycles. The van der Waals surface area contributed by atoms with Crippen molar-refractivity contribution in [1.82, 2.24) is 15.1 Å². The van der Waals surface area contributed by atoms with Crippen molar-refractivity contribution >= 4 is 17.7 Å². The van der Waals surface area contributed by atoms with E-state index in [2.05, 4.69) is 4.90 Å². The van der Waals surface area contributed by atoms with E-state index in [-0.39, 0.29) is 28.4 Å². The van der Waals surface area contributed by atoms with Crippen molar-refractivity contribution in [1.29, 1.82) is 0 Å². The zero-order valence-electron chi connectivity index (χ0n) is 24.7. The molecule has 1 unspecified atom stereocenters. The van der Waals surface area contributed by atoms with Gasteiger partial charge in [0.2, 0.25) is 11.8 Å². The number of carbonyl (C=O) groups is 3. The number of hydrogen-bond acceptors (Lipinski definition) is 6. The number of imide groups is 1. The maximum absolute atomic E-state index is 13.4. The Bertz CT molecular complexity index is 1370. The molecule has 2 saturated heterocycles. The van der Waals surface area contributed by atoms with Crippen LogP contribution in [0.5, 0.6) is 5.75 Å². The Balaban J connectivity index is 1.41. The first kappa shape index (κ1) is 14.8. The molecule has 2 aromatic carbocycles. The molecule has 0 saturated carbocycles. The van der Waals surface area contributed by atoms with Gasteiger partial charge in [0.05, 0.1) is 23.8 Å². The molecule has 3 aliphatic rings. The lowest BCUT2D eigenvalue weighted by atomic mass is 10.0. The molecule has 0 bridgehead atoms. The van der Waals surface area contributed by atoms with E-state index in [9.17, 15) is 14.4 Å². The van der Waals surface area contributed by atoms with Gasteiger partial charge in [-0.05, 0) is 29.6 Å². The van der Waals surface area contributed by atoms with Crippen LogP contribution >= 0.6 is 0 Å². The van der Waals surface area contributed by atoms with Gasteiger partial charge in [0.25, 0.3) is 5.91 Å². The van der Waals surface area contributed by atoms with E-state index < -0.39 is 43.0 Å². The van der Waals surface area contributed by atoms with Gasteiger partial charge in [-0.25, -0.2) is 0 Å². The number of piperidine rings is 1. The highest BCUT2D eigenvalue weighted by atomic mass is 16.5. The Morgan fingerprint density at radius 2 is 1.85 bits per heavy atom. The average molecular weight is 457 g/mol. The number of nitrogens with one attached hydrogen (secondary N) is 1. The number of amides is 3. The van der Waals surface area contributed by atoms with Gasteiger partial charge in [-0.2, -0.15) is 0 Å². The number of benzene rings is 2. The first-order valence-corrected chi connectivity index (χ1v) is 10.6. The van der Waals surface area contributed by atoms with Gasteiger partial charge in [-0.3, -0.25) is 24.6 Å². The lowest BCUT2D eigenvalue weighted by Gasteiger charge is -2.29. The second-order valence-electron chi connectivity index (χ2n) is 7.81. The summed E-state index contributed by atoms with van der Waals surface area (Å²) in [5.74, 6) is -4.54. The molecular formula is C25H27N3O5. The number of ether oxygens (including phenoxy) is 2. The predicted molar refractivity (Wildman–Crippen MR) is 119 cm³/mol. The van der Waals surface area contributed by atoms with E-state index in [0.29, 0.717) is 13.2 Å². The van der Waals surface area contributed by atoms with Crippen LogP contribution in [-0.4, -0.2) is 59.8 Å². The minimum atomic E-state index is -3.60. The Morgan fingerprint density at radius 1 is 1.09 bits per heavy atom. The van der Waals surface area contributed by atoms with E-state index in [1.54, 1.807) is 5.32 Å². The van der Waals surface area contributed by atoms with Crippen molar-refractivity contribution in [3.05, 3.63) is 64.7 Å². The first-order chi connectivity index (χ1) is 18.7. The smallest absolute Gasteiger partial charge is 0.255 e. The molecule has 8 heteroatoms. The zero-order valence-corrected chi connectivity index (χ0v) is 17.7.